The van der Waals surface area contributed by atoms with Gasteiger partial charge in [-0.1, -0.05) is 36.4 Å². The standard InChI is InChI=1S/C24H26N2O3S/c1-17-9-14-22(15-19(17)3)26(30(4,28)29)16-20-10-12-21(13-11-20)24(27)25-23-8-6-5-7-18(23)2/h5-15H,16H2,1-4H3,(H,25,27). The van der Waals surface area contributed by atoms with Crippen LogP contribution < -0.4 is 9.62 Å². The average molecular weight is 423 g/mol. The van der Waals surface area contributed by atoms with Gasteiger partial charge >= 0.3 is 0 Å². The highest BCUT2D eigenvalue weighted by atomic mass is 32.2. The molecule has 0 atom stereocenters. The molecule has 1 N–H and O–H groups in total. The molecular formula is C24H26N2O3S. The number of benzene rings is 3. The molecule has 0 saturated carbocycles. The summed E-state index contributed by atoms with van der Waals surface area (Å²) in [5, 5.41) is 2.90. The molecule has 3 aromatic carbocycles. The first kappa shape index (κ1) is 21.6. The lowest BCUT2D eigenvalue weighted by Crippen LogP contribution is -2.29. The topological polar surface area (TPSA) is 66.5 Å². The summed E-state index contributed by atoms with van der Waals surface area (Å²) in [4.78, 5) is 12.5. The largest absolute Gasteiger partial charge is 0.322 e. The molecule has 30 heavy (non-hydrogen) atoms. The quantitative estimate of drug-likeness (QED) is 0.619. The number of nitrogens with zero attached hydrogens (tertiary/aromatic N) is 1. The minimum Gasteiger partial charge on any atom is -0.322 e. The number of carbonyl (C=O) groups excluding carboxylic acids is 1. The van der Waals surface area contributed by atoms with Crippen molar-refractivity contribution in [1.29, 1.82) is 0 Å². The van der Waals surface area contributed by atoms with Crippen molar-refractivity contribution in [2.45, 2.75) is 27.3 Å². The van der Waals surface area contributed by atoms with Gasteiger partial charge in [-0.2, -0.15) is 0 Å². The van der Waals surface area contributed by atoms with Gasteiger partial charge in [-0.25, -0.2) is 8.42 Å². The van der Waals surface area contributed by atoms with Crippen molar-refractivity contribution < 1.29 is 13.2 Å². The number of hydrogen-bond acceptors (Lipinski definition) is 3. The summed E-state index contributed by atoms with van der Waals surface area (Å²) in [6.45, 7) is 6.08. The van der Waals surface area contributed by atoms with Crippen LogP contribution in [0.1, 0.15) is 32.6 Å². The molecule has 0 aliphatic heterocycles. The second-order valence-corrected chi connectivity index (χ2v) is 9.41. The number of hydrogen-bond donors (Lipinski definition) is 1. The summed E-state index contributed by atoms with van der Waals surface area (Å²) >= 11 is 0. The third-order valence-electron chi connectivity index (χ3n) is 5.11. The Kier molecular flexibility index (Phi) is 6.27. The van der Waals surface area contributed by atoms with Crippen LogP contribution in [0.3, 0.4) is 0 Å². The molecule has 0 aliphatic rings. The van der Waals surface area contributed by atoms with Crippen LogP contribution in [0.4, 0.5) is 11.4 Å². The number of aryl methyl sites for hydroxylation is 3. The van der Waals surface area contributed by atoms with Gasteiger partial charge in [-0.05, 0) is 73.4 Å². The van der Waals surface area contributed by atoms with Crippen LogP contribution in [-0.4, -0.2) is 20.6 Å². The molecule has 0 heterocycles. The Hall–Kier alpha value is -3.12. The Morgan fingerprint density at radius 2 is 1.53 bits per heavy atom. The van der Waals surface area contributed by atoms with Crippen molar-refractivity contribution in [2.24, 2.45) is 0 Å². The molecule has 1 amide bonds. The van der Waals surface area contributed by atoms with E-state index in [1.807, 2.05) is 63.2 Å². The number of rotatable bonds is 6. The molecule has 0 unspecified atom stereocenters. The van der Waals surface area contributed by atoms with Crippen molar-refractivity contribution in [3.05, 3.63) is 94.5 Å². The van der Waals surface area contributed by atoms with E-state index in [2.05, 4.69) is 5.32 Å². The molecule has 3 aromatic rings. The molecule has 3 rings (SSSR count). The van der Waals surface area contributed by atoms with Crippen molar-refractivity contribution in [3.8, 4) is 0 Å². The minimum absolute atomic E-state index is 0.195. The Morgan fingerprint density at radius 1 is 0.867 bits per heavy atom. The highest BCUT2D eigenvalue weighted by molar-refractivity contribution is 7.92. The van der Waals surface area contributed by atoms with Crippen LogP contribution in [-0.2, 0) is 16.6 Å². The maximum absolute atomic E-state index is 12.5. The number of para-hydroxylation sites is 1. The fourth-order valence-electron chi connectivity index (χ4n) is 3.12. The third kappa shape index (κ3) is 5.07. The van der Waals surface area contributed by atoms with Gasteiger partial charge in [0.25, 0.3) is 5.91 Å². The summed E-state index contributed by atoms with van der Waals surface area (Å²) in [5.41, 5.74) is 5.83. The van der Waals surface area contributed by atoms with E-state index in [1.54, 1.807) is 24.3 Å². The van der Waals surface area contributed by atoms with E-state index in [0.717, 1.165) is 27.9 Å². The third-order valence-corrected chi connectivity index (χ3v) is 6.25. The predicted molar refractivity (Wildman–Crippen MR) is 123 cm³/mol. The molecule has 0 saturated heterocycles. The zero-order valence-electron chi connectivity index (χ0n) is 17.6. The van der Waals surface area contributed by atoms with Crippen LogP contribution >= 0.6 is 0 Å². The zero-order chi connectivity index (χ0) is 21.9. The lowest BCUT2D eigenvalue weighted by atomic mass is 10.1. The first-order valence-corrected chi connectivity index (χ1v) is 11.5. The van der Waals surface area contributed by atoms with Gasteiger partial charge in [0.15, 0.2) is 0 Å². The predicted octanol–water partition coefficient (Wildman–Crippen LogP) is 4.83. The smallest absolute Gasteiger partial charge is 0.255 e. The summed E-state index contributed by atoms with van der Waals surface area (Å²) in [6, 6.07) is 20.2. The SMILES string of the molecule is Cc1ccc(N(Cc2ccc(C(=O)Nc3ccccc3C)cc2)S(C)(=O)=O)cc1C. The highest BCUT2D eigenvalue weighted by Crippen LogP contribution is 2.24. The first-order valence-electron chi connectivity index (χ1n) is 9.66. The summed E-state index contributed by atoms with van der Waals surface area (Å²) in [5.74, 6) is -0.204. The Morgan fingerprint density at radius 3 is 2.13 bits per heavy atom. The van der Waals surface area contributed by atoms with E-state index in [-0.39, 0.29) is 12.5 Å². The normalized spacial score (nSPS) is 11.2. The molecule has 0 spiro atoms. The number of nitrogens with one attached hydrogen (secondary N) is 1. The fourth-order valence-corrected chi connectivity index (χ4v) is 4.00. The van der Waals surface area contributed by atoms with Crippen LogP contribution in [0.5, 0.6) is 0 Å². The van der Waals surface area contributed by atoms with Crippen molar-refractivity contribution >= 4 is 27.3 Å². The van der Waals surface area contributed by atoms with Crippen LogP contribution in [0.15, 0.2) is 66.7 Å². The summed E-state index contributed by atoms with van der Waals surface area (Å²) in [7, 11) is -3.46. The molecular weight excluding hydrogens is 396 g/mol. The summed E-state index contributed by atoms with van der Waals surface area (Å²) < 4.78 is 26.2. The van der Waals surface area contributed by atoms with E-state index in [1.165, 1.54) is 10.6 Å². The van der Waals surface area contributed by atoms with Gasteiger partial charge in [0.2, 0.25) is 10.0 Å². The second-order valence-electron chi connectivity index (χ2n) is 7.50. The maximum Gasteiger partial charge on any atom is 0.255 e. The molecule has 0 bridgehead atoms. The lowest BCUT2D eigenvalue weighted by Gasteiger charge is -2.23. The van der Waals surface area contributed by atoms with E-state index >= 15 is 0 Å². The van der Waals surface area contributed by atoms with Gasteiger partial charge in [-0.15, -0.1) is 0 Å². The number of carbonyl (C=O) groups is 1. The molecule has 156 valence electrons. The minimum atomic E-state index is -3.46. The molecule has 0 radical (unpaired) electrons. The average Bonchev–Trinajstić information content (AvgIpc) is 2.69. The van der Waals surface area contributed by atoms with Crippen LogP contribution in [0.2, 0.25) is 0 Å². The number of sulfonamides is 1. The monoisotopic (exact) mass is 422 g/mol. The van der Waals surface area contributed by atoms with Gasteiger partial charge in [-0.3, -0.25) is 9.10 Å². The number of anilines is 2. The summed E-state index contributed by atoms with van der Waals surface area (Å²) in [6.07, 6.45) is 1.20. The highest BCUT2D eigenvalue weighted by Gasteiger charge is 2.18. The second kappa shape index (κ2) is 8.71. The zero-order valence-corrected chi connectivity index (χ0v) is 18.5. The lowest BCUT2D eigenvalue weighted by molar-refractivity contribution is 0.102. The molecule has 5 nitrogen and oxygen atoms in total. The van der Waals surface area contributed by atoms with Crippen LogP contribution in [0, 0.1) is 20.8 Å². The van der Waals surface area contributed by atoms with Crippen molar-refractivity contribution in [2.75, 3.05) is 15.9 Å². The molecule has 6 heteroatoms. The Balaban J connectivity index is 1.79. The van der Waals surface area contributed by atoms with Crippen molar-refractivity contribution in [1.82, 2.24) is 0 Å². The molecule has 0 aromatic heterocycles. The van der Waals surface area contributed by atoms with Crippen LogP contribution in [0.25, 0.3) is 0 Å². The number of amides is 1. The molecule has 0 aliphatic carbocycles. The Bertz CT molecular complexity index is 1170. The Labute approximate surface area is 178 Å². The van der Waals surface area contributed by atoms with Gasteiger partial charge in [0.05, 0.1) is 18.5 Å². The van der Waals surface area contributed by atoms with E-state index < -0.39 is 10.0 Å². The molecule has 0 fully saturated rings. The first-order chi connectivity index (χ1) is 14.1. The van der Waals surface area contributed by atoms with E-state index in [4.69, 9.17) is 0 Å². The van der Waals surface area contributed by atoms with Gasteiger partial charge in [0, 0.05) is 11.3 Å². The van der Waals surface area contributed by atoms with Gasteiger partial charge in [0.1, 0.15) is 0 Å². The van der Waals surface area contributed by atoms with Crippen molar-refractivity contribution in [3.63, 3.8) is 0 Å². The van der Waals surface area contributed by atoms with Gasteiger partial charge < -0.3 is 5.32 Å². The fraction of sp³-hybridized carbons (Fsp3) is 0.208. The van der Waals surface area contributed by atoms with E-state index in [0.29, 0.717) is 11.3 Å². The maximum atomic E-state index is 12.5. The van der Waals surface area contributed by atoms with E-state index in [9.17, 15) is 13.2 Å².